The molecule has 2 aromatic rings. The number of nitrogens with one attached hydrogen (secondary N) is 1. The van der Waals surface area contributed by atoms with Crippen LogP contribution in [0.3, 0.4) is 0 Å². The highest BCUT2D eigenvalue weighted by molar-refractivity contribution is 5.94. The fourth-order valence-corrected chi connectivity index (χ4v) is 4.94. The molecule has 7 nitrogen and oxygen atoms in total. The first-order valence-electron chi connectivity index (χ1n) is 12.8. The van der Waals surface area contributed by atoms with Gasteiger partial charge in [0.15, 0.2) is 0 Å². The molecule has 1 N–H and O–H groups in total. The van der Waals surface area contributed by atoms with Gasteiger partial charge in [-0.3, -0.25) is 15.0 Å². The number of amides is 2. The van der Waals surface area contributed by atoms with Gasteiger partial charge in [-0.2, -0.15) is 0 Å². The summed E-state index contributed by atoms with van der Waals surface area (Å²) >= 11 is 0. The zero-order chi connectivity index (χ0) is 24.8. The number of hydrogen-bond donors (Lipinski definition) is 1. The third-order valence-corrected chi connectivity index (χ3v) is 7.14. The Morgan fingerprint density at radius 2 is 1.69 bits per heavy atom. The van der Waals surface area contributed by atoms with Crippen molar-refractivity contribution in [3.63, 3.8) is 0 Å². The summed E-state index contributed by atoms with van der Waals surface area (Å²) in [6.07, 6.45) is 2.27. The van der Waals surface area contributed by atoms with Gasteiger partial charge in [0.1, 0.15) is 0 Å². The summed E-state index contributed by atoms with van der Waals surface area (Å²) in [6, 6.07) is 16.1. The quantitative estimate of drug-likeness (QED) is 0.576. The molecule has 188 valence electrons. The van der Waals surface area contributed by atoms with E-state index in [2.05, 4.69) is 33.3 Å². The van der Waals surface area contributed by atoms with Crippen molar-refractivity contribution >= 4 is 17.7 Å². The molecule has 1 atom stereocenters. The highest BCUT2D eigenvalue weighted by Gasteiger charge is 2.30. The maximum absolute atomic E-state index is 12.8. The van der Waals surface area contributed by atoms with E-state index in [1.807, 2.05) is 49.1 Å². The molecule has 1 aliphatic carbocycles. The van der Waals surface area contributed by atoms with Crippen LogP contribution in [0.5, 0.6) is 0 Å². The lowest BCUT2D eigenvalue weighted by molar-refractivity contribution is 0.0773. The number of carbonyl (C=O) groups is 2. The maximum atomic E-state index is 12.8. The van der Waals surface area contributed by atoms with Gasteiger partial charge < -0.3 is 14.5 Å². The van der Waals surface area contributed by atoms with E-state index in [4.69, 9.17) is 4.74 Å². The van der Waals surface area contributed by atoms with Crippen LogP contribution < -0.4 is 5.32 Å². The fourth-order valence-electron chi connectivity index (χ4n) is 4.94. The second kappa shape index (κ2) is 11.7. The van der Waals surface area contributed by atoms with Crippen molar-refractivity contribution in [2.75, 3.05) is 58.2 Å². The molecule has 35 heavy (non-hydrogen) atoms. The van der Waals surface area contributed by atoms with Crippen molar-refractivity contribution in [2.24, 2.45) is 5.92 Å². The molecule has 0 spiro atoms. The highest BCUT2D eigenvalue weighted by Crippen LogP contribution is 2.33. The first kappa shape index (κ1) is 25.2. The lowest BCUT2D eigenvalue weighted by Crippen LogP contribution is -2.48. The minimum absolute atomic E-state index is 0.0371. The Labute approximate surface area is 209 Å². The van der Waals surface area contributed by atoms with Gasteiger partial charge in [-0.1, -0.05) is 24.3 Å². The molecule has 2 aliphatic rings. The van der Waals surface area contributed by atoms with Crippen LogP contribution >= 0.6 is 0 Å². The number of anilines is 1. The number of methoxy groups -OCH3 is 1. The smallest absolute Gasteiger partial charge is 0.411 e. The van der Waals surface area contributed by atoms with Crippen molar-refractivity contribution in [2.45, 2.75) is 32.7 Å². The summed E-state index contributed by atoms with van der Waals surface area (Å²) in [5.41, 5.74) is 3.68. The number of ether oxygens (including phenoxy) is 1. The first-order chi connectivity index (χ1) is 17.0. The molecule has 2 fully saturated rings. The maximum Gasteiger partial charge on any atom is 0.411 e. The predicted molar refractivity (Wildman–Crippen MR) is 139 cm³/mol. The number of piperazine rings is 1. The van der Waals surface area contributed by atoms with E-state index < -0.39 is 6.09 Å². The van der Waals surface area contributed by atoms with Crippen LogP contribution in [-0.2, 0) is 4.74 Å². The van der Waals surface area contributed by atoms with Crippen LogP contribution in [0.15, 0.2) is 48.5 Å². The van der Waals surface area contributed by atoms with Gasteiger partial charge in [0.25, 0.3) is 5.91 Å². The summed E-state index contributed by atoms with van der Waals surface area (Å²) in [6.45, 7) is 10.7. The van der Waals surface area contributed by atoms with Gasteiger partial charge in [-0.05, 0) is 68.0 Å². The van der Waals surface area contributed by atoms with Gasteiger partial charge in [0.05, 0.1) is 13.2 Å². The van der Waals surface area contributed by atoms with E-state index >= 15 is 0 Å². The van der Waals surface area contributed by atoms with Crippen LogP contribution in [0.2, 0.25) is 0 Å². The van der Waals surface area contributed by atoms with Crippen molar-refractivity contribution in [3.8, 4) is 0 Å². The zero-order valence-electron chi connectivity index (χ0n) is 21.2. The molecule has 7 heteroatoms. The molecule has 1 aliphatic heterocycles. The molecule has 4 rings (SSSR count). The zero-order valence-corrected chi connectivity index (χ0v) is 21.2. The first-order valence-corrected chi connectivity index (χ1v) is 12.8. The van der Waals surface area contributed by atoms with Crippen molar-refractivity contribution in [1.29, 1.82) is 0 Å². The van der Waals surface area contributed by atoms with E-state index in [9.17, 15) is 9.59 Å². The molecular formula is C28H38N4O3. The Balaban J connectivity index is 1.59. The Kier molecular flexibility index (Phi) is 8.42. The summed E-state index contributed by atoms with van der Waals surface area (Å²) in [7, 11) is 1.37. The topological polar surface area (TPSA) is 65.1 Å². The largest absolute Gasteiger partial charge is 0.453 e. The van der Waals surface area contributed by atoms with E-state index in [0.29, 0.717) is 24.3 Å². The second-order valence-corrected chi connectivity index (χ2v) is 9.52. The Morgan fingerprint density at radius 1 is 1.00 bits per heavy atom. The molecule has 2 aromatic carbocycles. The average Bonchev–Trinajstić information content (AvgIpc) is 3.70. The number of benzene rings is 2. The van der Waals surface area contributed by atoms with Gasteiger partial charge in [0, 0.05) is 57.1 Å². The minimum atomic E-state index is -0.480. The normalized spacial score (nSPS) is 17.6. The van der Waals surface area contributed by atoms with Crippen LogP contribution in [0.4, 0.5) is 10.5 Å². The van der Waals surface area contributed by atoms with Crippen LogP contribution in [0.1, 0.15) is 54.2 Å². The van der Waals surface area contributed by atoms with Gasteiger partial charge in [-0.25, -0.2) is 4.79 Å². The summed E-state index contributed by atoms with van der Waals surface area (Å²) in [4.78, 5) is 31.6. The lowest BCUT2D eigenvalue weighted by Gasteiger charge is -2.40. The molecule has 1 saturated heterocycles. The SMILES string of the molecule is CCN(CC)C(=O)c1ccc(C(c2cccc(NC(=O)OC)c2)N2CCN(CC3CC3)CC2)cc1. The number of hydrogen-bond acceptors (Lipinski definition) is 5. The molecule has 0 bridgehead atoms. The average molecular weight is 479 g/mol. The molecule has 0 radical (unpaired) electrons. The van der Waals surface area contributed by atoms with Gasteiger partial charge >= 0.3 is 6.09 Å². The summed E-state index contributed by atoms with van der Waals surface area (Å²) in [5, 5.41) is 2.79. The number of carbonyl (C=O) groups excluding carboxylic acids is 2. The van der Waals surface area contributed by atoms with Gasteiger partial charge in [-0.15, -0.1) is 0 Å². The minimum Gasteiger partial charge on any atom is -0.453 e. The summed E-state index contributed by atoms with van der Waals surface area (Å²) < 4.78 is 4.78. The number of nitrogens with zero attached hydrogens (tertiary/aromatic N) is 3. The third kappa shape index (κ3) is 6.41. The van der Waals surface area contributed by atoms with Crippen LogP contribution in [0, 0.1) is 5.92 Å². The van der Waals surface area contributed by atoms with E-state index in [-0.39, 0.29) is 11.9 Å². The molecule has 1 saturated carbocycles. The molecule has 1 heterocycles. The fraction of sp³-hybridized carbons (Fsp3) is 0.500. The third-order valence-electron chi connectivity index (χ3n) is 7.14. The van der Waals surface area contributed by atoms with E-state index in [1.165, 1.54) is 26.5 Å². The molecule has 0 aromatic heterocycles. The molecule has 1 unspecified atom stereocenters. The van der Waals surface area contributed by atoms with Crippen LogP contribution in [0.25, 0.3) is 0 Å². The number of rotatable bonds is 9. The monoisotopic (exact) mass is 478 g/mol. The second-order valence-electron chi connectivity index (χ2n) is 9.52. The van der Waals surface area contributed by atoms with Crippen molar-refractivity contribution in [1.82, 2.24) is 14.7 Å². The highest BCUT2D eigenvalue weighted by atomic mass is 16.5. The van der Waals surface area contributed by atoms with Gasteiger partial charge in [0.2, 0.25) is 0 Å². The van der Waals surface area contributed by atoms with Crippen molar-refractivity contribution < 1.29 is 14.3 Å². The lowest BCUT2D eigenvalue weighted by atomic mass is 9.94. The molecule has 2 amide bonds. The standard InChI is InChI=1S/C28H38N4O3/c1-4-31(5-2)27(33)23-13-11-22(12-14-23)26(24-7-6-8-25(19-24)29-28(34)35-3)32-17-15-30(16-18-32)20-21-9-10-21/h6-8,11-14,19,21,26H,4-5,9-10,15-18,20H2,1-3H3,(H,29,34). The Hall–Kier alpha value is -2.90. The Morgan fingerprint density at radius 3 is 2.29 bits per heavy atom. The van der Waals surface area contributed by atoms with E-state index in [1.54, 1.807) is 0 Å². The van der Waals surface area contributed by atoms with Crippen molar-refractivity contribution in [3.05, 3.63) is 65.2 Å². The Bertz CT molecular complexity index is 994. The predicted octanol–water partition coefficient (Wildman–Crippen LogP) is 4.46. The van der Waals surface area contributed by atoms with Crippen LogP contribution in [-0.4, -0.2) is 79.6 Å². The van der Waals surface area contributed by atoms with E-state index in [0.717, 1.165) is 43.2 Å². The summed E-state index contributed by atoms with van der Waals surface area (Å²) in [5.74, 6) is 0.963. The molecular weight excluding hydrogens is 440 g/mol.